The molecule has 36 heavy (non-hydrogen) atoms. The summed E-state index contributed by atoms with van der Waals surface area (Å²) in [5, 5.41) is 2.85. The zero-order chi connectivity index (χ0) is 26.3. The zero-order valence-corrected chi connectivity index (χ0v) is 20.3. The number of hydrogen-bond acceptors (Lipinski definition) is 4. The van der Waals surface area contributed by atoms with Crippen molar-refractivity contribution in [2.45, 2.75) is 51.6 Å². The van der Waals surface area contributed by atoms with Gasteiger partial charge in [0, 0.05) is 12.0 Å². The van der Waals surface area contributed by atoms with Crippen LogP contribution >= 0.6 is 0 Å². The third kappa shape index (κ3) is 8.45. The number of ether oxygens (including phenoxy) is 2. The lowest BCUT2D eigenvalue weighted by Crippen LogP contribution is -2.35. The number of benzene rings is 3. The van der Waals surface area contributed by atoms with Gasteiger partial charge in [0.15, 0.2) is 5.78 Å². The van der Waals surface area contributed by atoms with Crippen LogP contribution in [0.25, 0.3) is 11.1 Å². The number of carbonyl (C=O) groups excluding carboxylic acids is 2. The van der Waals surface area contributed by atoms with E-state index >= 15 is 0 Å². The van der Waals surface area contributed by atoms with E-state index < -0.39 is 24.1 Å². The first-order valence-corrected chi connectivity index (χ1v) is 11.4. The van der Waals surface area contributed by atoms with Crippen molar-refractivity contribution in [3.8, 4) is 16.9 Å². The predicted octanol–water partition coefficient (Wildman–Crippen LogP) is 7.48. The van der Waals surface area contributed by atoms with Crippen LogP contribution in [0.15, 0.2) is 78.9 Å². The Kier molecular flexibility index (Phi) is 8.40. The highest BCUT2D eigenvalue weighted by Gasteiger charge is 2.31. The van der Waals surface area contributed by atoms with Gasteiger partial charge in [-0.2, -0.15) is 0 Å². The molecular weight excluding hydrogens is 471 g/mol. The predicted molar refractivity (Wildman–Crippen MR) is 131 cm³/mol. The van der Waals surface area contributed by atoms with Crippen LogP contribution in [0.2, 0.25) is 0 Å². The largest absolute Gasteiger partial charge is 0.573 e. The number of rotatable bonds is 8. The third-order valence-electron chi connectivity index (χ3n) is 5.18. The SMILES string of the molecule is CC(C)(C)OC(=O)N[C@@H](CCC(=O)c1ccccc1)c1ccc(-c2ccc(OC(F)(F)F)cc2)cc1. The molecule has 0 aliphatic rings. The highest BCUT2D eigenvalue weighted by Crippen LogP contribution is 2.28. The van der Waals surface area contributed by atoms with Gasteiger partial charge in [0.2, 0.25) is 0 Å². The second-order valence-electron chi connectivity index (χ2n) is 9.22. The smallest absolute Gasteiger partial charge is 0.444 e. The van der Waals surface area contributed by atoms with E-state index in [-0.39, 0.29) is 18.0 Å². The molecule has 1 atom stereocenters. The van der Waals surface area contributed by atoms with Crippen LogP contribution in [0.4, 0.5) is 18.0 Å². The van der Waals surface area contributed by atoms with Crippen molar-refractivity contribution in [3.05, 3.63) is 90.0 Å². The molecule has 0 bridgehead atoms. The van der Waals surface area contributed by atoms with Crippen molar-refractivity contribution in [1.82, 2.24) is 5.32 Å². The van der Waals surface area contributed by atoms with E-state index in [0.717, 1.165) is 11.1 Å². The van der Waals surface area contributed by atoms with Gasteiger partial charge in [0.25, 0.3) is 0 Å². The van der Waals surface area contributed by atoms with Gasteiger partial charge in [-0.15, -0.1) is 13.2 Å². The quantitative estimate of drug-likeness (QED) is 0.326. The summed E-state index contributed by atoms with van der Waals surface area (Å²) in [7, 11) is 0. The topological polar surface area (TPSA) is 64.6 Å². The maximum absolute atomic E-state index is 12.6. The van der Waals surface area contributed by atoms with E-state index in [2.05, 4.69) is 10.1 Å². The summed E-state index contributed by atoms with van der Waals surface area (Å²) in [4.78, 5) is 25.1. The van der Waals surface area contributed by atoms with E-state index in [1.54, 1.807) is 57.2 Å². The summed E-state index contributed by atoms with van der Waals surface area (Å²) < 4.78 is 46.5. The van der Waals surface area contributed by atoms with Crippen LogP contribution < -0.4 is 10.1 Å². The van der Waals surface area contributed by atoms with E-state index in [1.165, 1.54) is 24.3 Å². The molecule has 3 rings (SSSR count). The highest BCUT2D eigenvalue weighted by atomic mass is 19.4. The number of amides is 1. The summed E-state index contributed by atoms with van der Waals surface area (Å²) in [6.07, 6.45) is -4.77. The molecule has 1 N–H and O–H groups in total. The Bertz CT molecular complexity index is 1150. The average molecular weight is 500 g/mol. The monoisotopic (exact) mass is 499 g/mol. The number of halogens is 3. The lowest BCUT2D eigenvalue weighted by atomic mass is 9.96. The molecule has 0 aliphatic carbocycles. The minimum atomic E-state index is -4.75. The molecule has 1 amide bonds. The Morgan fingerprint density at radius 3 is 1.92 bits per heavy atom. The van der Waals surface area contributed by atoms with Crippen LogP contribution in [0, 0.1) is 0 Å². The number of alkyl carbamates (subject to hydrolysis) is 1. The molecule has 3 aromatic carbocycles. The maximum Gasteiger partial charge on any atom is 0.573 e. The Morgan fingerprint density at radius 2 is 1.39 bits per heavy atom. The van der Waals surface area contributed by atoms with Crippen molar-refractivity contribution < 1.29 is 32.2 Å². The van der Waals surface area contributed by atoms with Gasteiger partial charge >= 0.3 is 12.5 Å². The molecule has 3 aromatic rings. The van der Waals surface area contributed by atoms with Gasteiger partial charge in [0.1, 0.15) is 11.4 Å². The third-order valence-corrected chi connectivity index (χ3v) is 5.18. The molecule has 0 spiro atoms. The van der Waals surface area contributed by atoms with Gasteiger partial charge in [-0.25, -0.2) is 4.79 Å². The Labute approximate surface area is 208 Å². The number of alkyl halides is 3. The van der Waals surface area contributed by atoms with Crippen molar-refractivity contribution in [2.24, 2.45) is 0 Å². The van der Waals surface area contributed by atoms with Gasteiger partial charge in [-0.3, -0.25) is 4.79 Å². The molecule has 8 heteroatoms. The summed E-state index contributed by atoms with van der Waals surface area (Å²) in [5.41, 5.74) is 2.16. The second kappa shape index (κ2) is 11.3. The first-order valence-electron chi connectivity index (χ1n) is 11.4. The van der Waals surface area contributed by atoms with E-state index in [9.17, 15) is 22.8 Å². The number of Topliss-reactive ketones (excluding diaryl/α,β-unsaturated/α-hetero) is 1. The minimum absolute atomic E-state index is 0.0376. The summed E-state index contributed by atoms with van der Waals surface area (Å²) in [6.45, 7) is 5.29. The molecule has 190 valence electrons. The second-order valence-corrected chi connectivity index (χ2v) is 9.22. The molecule has 0 unspecified atom stereocenters. The number of ketones is 1. The standard InChI is InChI=1S/C28H28F3NO4/c1-27(2,3)36-26(34)32-24(17-18-25(33)22-7-5-4-6-8-22)21-11-9-19(10-12-21)20-13-15-23(16-14-20)35-28(29,30)31/h4-16,24H,17-18H2,1-3H3,(H,32,34)/t24-/m0/s1. The molecular formula is C28H28F3NO4. The molecule has 0 heterocycles. The molecule has 5 nitrogen and oxygen atoms in total. The average Bonchev–Trinajstić information content (AvgIpc) is 2.80. The molecule has 0 aliphatic heterocycles. The molecule has 0 saturated heterocycles. The fourth-order valence-corrected chi connectivity index (χ4v) is 3.57. The van der Waals surface area contributed by atoms with Gasteiger partial charge in [-0.1, -0.05) is 66.7 Å². The maximum atomic E-state index is 12.6. The van der Waals surface area contributed by atoms with Crippen LogP contribution in [0.5, 0.6) is 5.75 Å². The summed E-state index contributed by atoms with van der Waals surface area (Å²) in [5.74, 6) is -0.336. The number of nitrogens with one attached hydrogen (secondary N) is 1. The van der Waals surface area contributed by atoms with Gasteiger partial charge in [0.05, 0.1) is 6.04 Å². The summed E-state index contributed by atoms with van der Waals surface area (Å²) >= 11 is 0. The first kappa shape index (κ1) is 26.8. The lowest BCUT2D eigenvalue weighted by molar-refractivity contribution is -0.274. The number of hydrogen-bond donors (Lipinski definition) is 1. The normalized spacial score (nSPS) is 12.5. The number of carbonyl (C=O) groups is 2. The van der Waals surface area contributed by atoms with E-state index in [0.29, 0.717) is 17.5 Å². The molecule has 0 radical (unpaired) electrons. The zero-order valence-electron chi connectivity index (χ0n) is 20.3. The van der Waals surface area contributed by atoms with Crippen molar-refractivity contribution in [1.29, 1.82) is 0 Å². The van der Waals surface area contributed by atoms with E-state index in [4.69, 9.17) is 4.74 Å². The van der Waals surface area contributed by atoms with Crippen molar-refractivity contribution in [3.63, 3.8) is 0 Å². The molecule has 0 fully saturated rings. The van der Waals surface area contributed by atoms with E-state index in [1.807, 2.05) is 18.2 Å². The van der Waals surface area contributed by atoms with Crippen LogP contribution in [-0.2, 0) is 4.74 Å². The highest BCUT2D eigenvalue weighted by molar-refractivity contribution is 5.96. The molecule has 0 saturated carbocycles. The van der Waals surface area contributed by atoms with Crippen LogP contribution in [-0.4, -0.2) is 23.8 Å². The lowest BCUT2D eigenvalue weighted by Gasteiger charge is -2.24. The fourth-order valence-electron chi connectivity index (χ4n) is 3.57. The minimum Gasteiger partial charge on any atom is -0.444 e. The van der Waals surface area contributed by atoms with Gasteiger partial charge in [-0.05, 0) is 56.0 Å². The van der Waals surface area contributed by atoms with Crippen molar-refractivity contribution >= 4 is 11.9 Å². The Balaban J connectivity index is 1.75. The summed E-state index contributed by atoms with van der Waals surface area (Å²) in [6, 6.07) is 21.2. The Hall–Kier alpha value is -3.81. The van der Waals surface area contributed by atoms with Crippen LogP contribution in [0.1, 0.15) is 55.6 Å². The van der Waals surface area contributed by atoms with Gasteiger partial charge < -0.3 is 14.8 Å². The van der Waals surface area contributed by atoms with Crippen LogP contribution in [0.3, 0.4) is 0 Å². The molecule has 0 aromatic heterocycles. The Morgan fingerprint density at radius 1 is 0.833 bits per heavy atom. The fraction of sp³-hybridized carbons (Fsp3) is 0.286. The first-order chi connectivity index (χ1) is 16.9. The van der Waals surface area contributed by atoms with Crippen molar-refractivity contribution in [2.75, 3.05) is 0 Å².